The van der Waals surface area contributed by atoms with Gasteiger partial charge in [0.15, 0.2) is 0 Å². The Kier molecular flexibility index (Phi) is 4.47. The zero-order valence-electron chi connectivity index (χ0n) is 11.7. The SMILES string of the molecule is CCn1nc(C)c(Cl)c1COC(=O)c1cc(N)cc(F)c1. The van der Waals surface area contributed by atoms with Crippen molar-refractivity contribution in [3.8, 4) is 0 Å². The summed E-state index contributed by atoms with van der Waals surface area (Å²) in [5, 5.41) is 4.68. The molecule has 0 unspecified atom stereocenters. The second kappa shape index (κ2) is 6.13. The third-order valence-electron chi connectivity index (χ3n) is 2.95. The molecule has 21 heavy (non-hydrogen) atoms. The maximum atomic E-state index is 13.2. The van der Waals surface area contributed by atoms with Gasteiger partial charge >= 0.3 is 5.97 Å². The van der Waals surface area contributed by atoms with Gasteiger partial charge in [0.05, 0.1) is 22.0 Å². The Hall–Kier alpha value is -2.08. The van der Waals surface area contributed by atoms with Crippen LogP contribution in [0.4, 0.5) is 10.1 Å². The molecular weight excluding hydrogens is 297 g/mol. The average molecular weight is 312 g/mol. The summed E-state index contributed by atoms with van der Waals surface area (Å²) in [5.41, 5.74) is 6.99. The number of hydrogen-bond acceptors (Lipinski definition) is 4. The molecule has 1 aromatic carbocycles. The second-order valence-electron chi connectivity index (χ2n) is 4.51. The number of anilines is 1. The van der Waals surface area contributed by atoms with Crippen molar-refractivity contribution in [2.24, 2.45) is 0 Å². The molecule has 2 N–H and O–H groups in total. The standard InChI is InChI=1S/C14H15ClFN3O2/c1-3-19-12(13(15)8(2)18-19)7-21-14(20)9-4-10(16)6-11(17)5-9/h4-6H,3,7,17H2,1-2H3. The van der Waals surface area contributed by atoms with E-state index in [0.717, 1.165) is 12.1 Å². The van der Waals surface area contributed by atoms with Crippen molar-refractivity contribution in [1.29, 1.82) is 0 Å². The largest absolute Gasteiger partial charge is 0.456 e. The molecule has 0 amide bonds. The molecule has 0 spiro atoms. The molecule has 0 saturated carbocycles. The lowest BCUT2D eigenvalue weighted by Gasteiger charge is -2.08. The maximum absolute atomic E-state index is 13.2. The summed E-state index contributed by atoms with van der Waals surface area (Å²) in [5.74, 6) is -1.26. The highest BCUT2D eigenvalue weighted by atomic mass is 35.5. The second-order valence-corrected chi connectivity index (χ2v) is 4.89. The van der Waals surface area contributed by atoms with Crippen LogP contribution in [0, 0.1) is 12.7 Å². The van der Waals surface area contributed by atoms with Crippen molar-refractivity contribution in [3.63, 3.8) is 0 Å². The maximum Gasteiger partial charge on any atom is 0.338 e. The monoisotopic (exact) mass is 311 g/mol. The van der Waals surface area contributed by atoms with Gasteiger partial charge in [-0.3, -0.25) is 4.68 Å². The van der Waals surface area contributed by atoms with Gasteiger partial charge in [-0.2, -0.15) is 5.10 Å². The third-order valence-corrected chi connectivity index (χ3v) is 3.44. The minimum absolute atomic E-state index is 0.0389. The molecule has 112 valence electrons. The molecule has 0 aliphatic carbocycles. The van der Waals surface area contributed by atoms with Crippen molar-refractivity contribution in [1.82, 2.24) is 9.78 Å². The van der Waals surface area contributed by atoms with E-state index in [1.165, 1.54) is 6.07 Å². The van der Waals surface area contributed by atoms with Crippen molar-refractivity contribution in [3.05, 3.63) is 46.0 Å². The van der Waals surface area contributed by atoms with E-state index >= 15 is 0 Å². The normalized spacial score (nSPS) is 10.7. The van der Waals surface area contributed by atoms with Gasteiger partial charge < -0.3 is 10.5 Å². The van der Waals surface area contributed by atoms with Gasteiger partial charge in [0.2, 0.25) is 0 Å². The Morgan fingerprint density at radius 1 is 1.48 bits per heavy atom. The number of carbonyl (C=O) groups excluding carboxylic acids is 1. The topological polar surface area (TPSA) is 70.1 Å². The lowest BCUT2D eigenvalue weighted by Crippen LogP contribution is -2.10. The highest BCUT2D eigenvalue weighted by Crippen LogP contribution is 2.21. The zero-order valence-corrected chi connectivity index (χ0v) is 12.4. The van der Waals surface area contributed by atoms with Crippen molar-refractivity contribution in [2.75, 3.05) is 5.73 Å². The summed E-state index contributed by atoms with van der Waals surface area (Å²) in [4.78, 5) is 11.9. The highest BCUT2D eigenvalue weighted by Gasteiger charge is 2.16. The van der Waals surface area contributed by atoms with E-state index < -0.39 is 11.8 Å². The number of rotatable bonds is 4. The van der Waals surface area contributed by atoms with Gasteiger partial charge in [-0.25, -0.2) is 9.18 Å². The number of aromatic nitrogens is 2. The van der Waals surface area contributed by atoms with Crippen LogP contribution in [0.25, 0.3) is 0 Å². The molecule has 1 aromatic heterocycles. The van der Waals surface area contributed by atoms with Crippen LogP contribution in [0.1, 0.15) is 28.7 Å². The number of ether oxygens (including phenoxy) is 1. The predicted octanol–water partition coefficient (Wildman–Crippen LogP) is 2.94. The number of aryl methyl sites for hydroxylation is 2. The molecule has 5 nitrogen and oxygen atoms in total. The summed E-state index contributed by atoms with van der Waals surface area (Å²) in [6, 6.07) is 3.56. The predicted molar refractivity (Wildman–Crippen MR) is 77.6 cm³/mol. The fourth-order valence-corrected chi connectivity index (χ4v) is 2.14. The molecule has 1 heterocycles. The van der Waals surface area contributed by atoms with Crippen LogP contribution in [-0.2, 0) is 17.9 Å². The number of nitrogens with zero attached hydrogens (tertiary/aromatic N) is 2. The van der Waals surface area contributed by atoms with E-state index in [1.54, 1.807) is 11.6 Å². The van der Waals surface area contributed by atoms with E-state index in [-0.39, 0.29) is 17.9 Å². The lowest BCUT2D eigenvalue weighted by molar-refractivity contribution is 0.0462. The molecule has 0 bridgehead atoms. The number of nitrogens with two attached hydrogens (primary N) is 1. The minimum Gasteiger partial charge on any atom is -0.456 e. The minimum atomic E-state index is -0.668. The van der Waals surface area contributed by atoms with Gasteiger partial charge in [0.25, 0.3) is 0 Å². The lowest BCUT2D eigenvalue weighted by atomic mass is 10.2. The van der Waals surface area contributed by atoms with E-state index in [1.807, 2.05) is 6.92 Å². The Balaban J connectivity index is 2.14. The smallest absolute Gasteiger partial charge is 0.338 e. The van der Waals surface area contributed by atoms with E-state index in [4.69, 9.17) is 22.1 Å². The van der Waals surface area contributed by atoms with Crippen LogP contribution in [0.2, 0.25) is 5.02 Å². The number of nitrogen functional groups attached to an aromatic ring is 1. The van der Waals surface area contributed by atoms with Gasteiger partial charge in [-0.15, -0.1) is 0 Å². The van der Waals surface area contributed by atoms with Crippen LogP contribution >= 0.6 is 11.6 Å². The fourth-order valence-electron chi connectivity index (χ4n) is 1.95. The molecule has 2 aromatic rings. The van der Waals surface area contributed by atoms with Gasteiger partial charge in [0.1, 0.15) is 12.4 Å². The first kappa shape index (κ1) is 15.3. The number of carbonyl (C=O) groups is 1. The number of benzene rings is 1. The van der Waals surface area contributed by atoms with Crippen LogP contribution in [0.5, 0.6) is 0 Å². The molecule has 0 saturated heterocycles. The third kappa shape index (κ3) is 3.33. The van der Waals surface area contributed by atoms with Crippen molar-refractivity contribution in [2.45, 2.75) is 27.0 Å². The van der Waals surface area contributed by atoms with Gasteiger partial charge in [0, 0.05) is 12.2 Å². The van der Waals surface area contributed by atoms with Gasteiger partial charge in [-0.05, 0) is 32.0 Å². The number of esters is 1. The average Bonchev–Trinajstić information content (AvgIpc) is 2.70. The highest BCUT2D eigenvalue weighted by molar-refractivity contribution is 6.31. The first-order valence-electron chi connectivity index (χ1n) is 6.37. The Morgan fingerprint density at radius 2 is 2.19 bits per heavy atom. The van der Waals surface area contributed by atoms with Crippen molar-refractivity contribution >= 4 is 23.3 Å². The molecular formula is C14H15ClFN3O2. The fraction of sp³-hybridized carbons (Fsp3) is 0.286. The molecule has 0 aliphatic rings. The van der Waals surface area contributed by atoms with Crippen LogP contribution in [0.15, 0.2) is 18.2 Å². The van der Waals surface area contributed by atoms with E-state index in [0.29, 0.717) is 23.0 Å². The molecule has 7 heteroatoms. The molecule has 2 rings (SSSR count). The quantitative estimate of drug-likeness (QED) is 0.696. The molecule has 0 fully saturated rings. The molecule has 0 aliphatic heterocycles. The van der Waals surface area contributed by atoms with E-state index in [9.17, 15) is 9.18 Å². The van der Waals surface area contributed by atoms with Crippen LogP contribution in [-0.4, -0.2) is 15.7 Å². The van der Waals surface area contributed by atoms with Crippen molar-refractivity contribution < 1.29 is 13.9 Å². The summed E-state index contributed by atoms with van der Waals surface area (Å²) in [6.45, 7) is 4.24. The summed E-state index contributed by atoms with van der Waals surface area (Å²) < 4.78 is 20.0. The Morgan fingerprint density at radius 3 is 2.81 bits per heavy atom. The zero-order chi connectivity index (χ0) is 15.6. The Labute approximate surface area is 126 Å². The molecule has 0 atom stereocenters. The summed E-state index contributed by atoms with van der Waals surface area (Å²) in [6.07, 6.45) is 0. The van der Waals surface area contributed by atoms with E-state index in [2.05, 4.69) is 5.10 Å². The number of halogens is 2. The van der Waals surface area contributed by atoms with Gasteiger partial charge in [-0.1, -0.05) is 11.6 Å². The van der Waals surface area contributed by atoms with Crippen LogP contribution < -0.4 is 5.73 Å². The molecule has 0 radical (unpaired) electrons. The first-order chi connectivity index (χ1) is 9.92. The van der Waals surface area contributed by atoms with Crippen LogP contribution in [0.3, 0.4) is 0 Å². The summed E-state index contributed by atoms with van der Waals surface area (Å²) in [7, 11) is 0. The first-order valence-corrected chi connectivity index (χ1v) is 6.75. The Bertz CT molecular complexity index is 665. The summed E-state index contributed by atoms with van der Waals surface area (Å²) >= 11 is 6.12. The number of hydrogen-bond donors (Lipinski definition) is 1.